The van der Waals surface area contributed by atoms with Gasteiger partial charge in [-0.3, -0.25) is 0 Å². The molecule has 3 unspecified atom stereocenters. The van der Waals surface area contributed by atoms with Gasteiger partial charge in [-0.15, -0.1) is 0 Å². The van der Waals surface area contributed by atoms with Gasteiger partial charge in [0.05, 0.1) is 0 Å². The fourth-order valence-electron chi connectivity index (χ4n) is 2.03. The van der Waals surface area contributed by atoms with E-state index in [9.17, 15) is 0 Å². The third-order valence-electron chi connectivity index (χ3n) is 3.10. The molecule has 0 aromatic heterocycles. The van der Waals surface area contributed by atoms with Crippen LogP contribution in [0.2, 0.25) is 0 Å². The van der Waals surface area contributed by atoms with E-state index < -0.39 is 0 Å². The number of nitrogens with two attached hydrogens (primary N) is 1. The molecule has 3 atom stereocenters. The summed E-state index contributed by atoms with van der Waals surface area (Å²) in [5.41, 5.74) is 6.02. The molecule has 1 aliphatic carbocycles. The molecule has 84 valence electrons. The average molecular weight is 233 g/mol. The normalized spacial score (nSPS) is 37.5. The third kappa shape index (κ3) is 4.94. The molecule has 0 aliphatic heterocycles. The van der Waals surface area contributed by atoms with Crippen LogP contribution in [0, 0.1) is 0 Å². The van der Waals surface area contributed by atoms with Crippen LogP contribution in [0.1, 0.15) is 51.4 Å². The van der Waals surface area contributed by atoms with Crippen LogP contribution in [0.4, 0.5) is 0 Å². The van der Waals surface area contributed by atoms with Gasteiger partial charge in [0.15, 0.2) is 0 Å². The SMILES string of the molecule is NC1CCCCCCC(S)C(S)CC1. The summed E-state index contributed by atoms with van der Waals surface area (Å²) in [5, 5.41) is 0.895. The standard InChI is InChI=1S/C11H23NS2/c12-9-5-3-1-2-4-6-10(13)11(14)8-7-9/h9-11,13-14H,1-8,12H2. The molecule has 0 aromatic rings. The largest absolute Gasteiger partial charge is 0.328 e. The predicted octanol–water partition coefficient (Wildman–Crippen LogP) is 3.04. The van der Waals surface area contributed by atoms with Gasteiger partial charge < -0.3 is 5.73 Å². The average Bonchev–Trinajstić information content (AvgIpc) is 2.20. The molecular formula is C11H23NS2. The molecule has 0 bridgehead atoms. The van der Waals surface area contributed by atoms with E-state index in [0.717, 1.165) is 12.8 Å². The molecule has 1 aliphatic rings. The van der Waals surface area contributed by atoms with Gasteiger partial charge in [0.25, 0.3) is 0 Å². The van der Waals surface area contributed by atoms with E-state index in [1.807, 2.05) is 0 Å². The first-order chi connectivity index (χ1) is 6.70. The number of rotatable bonds is 0. The molecule has 1 fully saturated rings. The van der Waals surface area contributed by atoms with Crippen molar-refractivity contribution in [3.05, 3.63) is 0 Å². The fourth-order valence-corrected chi connectivity index (χ4v) is 2.66. The minimum absolute atomic E-state index is 0.392. The van der Waals surface area contributed by atoms with Crippen LogP contribution in [-0.2, 0) is 0 Å². The number of hydrogen-bond donors (Lipinski definition) is 3. The zero-order valence-electron chi connectivity index (χ0n) is 8.86. The maximum atomic E-state index is 6.02. The van der Waals surface area contributed by atoms with E-state index in [-0.39, 0.29) is 0 Å². The number of thiol groups is 2. The van der Waals surface area contributed by atoms with Crippen molar-refractivity contribution in [2.24, 2.45) is 5.73 Å². The highest BCUT2D eigenvalue weighted by Gasteiger charge is 2.16. The lowest BCUT2D eigenvalue weighted by Gasteiger charge is -2.19. The summed E-state index contributed by atoms with van der Waals surface area (Å²) in [7, 11) is 0. The summed E-state index contributed by atoms with van der Waals surface area (Å²) >= 11 is 9.20. The van der Waals surface area contributed by atoms with Crippen LogP contribution in [0.5, 0.6) is 0 Å². The fraction of sp³-hybridized carbons (Fsp3) is 1.00. The first kappa shape index (κ1) is 12.7. The molecule has 0 amide bonds. The number of hydrogen-bond acceptors (Lipinski definition) is 3. The molecule has 0 spiro atoms. The Morgan fingerprint density at radius 2 is 1.29 bits per heavy atom. The Hall–Kier alpha value is 0.660. The Labute approximate surface area is 99.0 Å². The maximum absolute atomic E-state index is 6.02. The molecule has 1 saturated carbocycles. The van der Waals surface area contributed by atoms with Crippen LogP contribution in [0.15, 0.2) is 0 Å². The van der Waals surface area contributed by atoms with E-state index in [1.54, 1.807) is 0 Å². The first-order valence-corrected chi connectivity index (χ1v) is 6.85. The zero-order valence-corrected chi connectivity index (χ0v) is 10.6. The van der Waals surface area contributed by atoms with Crippen molar-refractivity contribution >= 4 is 25.3 Å². The van der Waals surface area contributed by atoms with Crippen LogP contribution in [-0.4, -0.2) is 16.5 Å². The monoisotopic (exact) mass is 233 g/mol. The van der Waals surface area contributed by atoms with Gasteiger partial charge in [-0.2, -0.15) is 25.3 Å². The molecule has 1 nitrogen and oxygen atoms in total. The predicted molar refractivity (Wildman–Crippen MR) is 70.5 cm³/mol. The van der Waals surface area contributed by atoms with Crippen molar-refractivity contribution in [2.75, 3.05) is 0 Å². The van der Waals surface area contributed by atoms with E-state index in [1.165, 1.54) is 38.5 Å². The first-order valence-electron chi connectivity index (χ1n) is 5.82. The second kappa shape index (κ2) is 7.02. The van der Waals surface area contributed by atoms with Gasteiger partial charge in [0, 0.05) is 16.5 Å². The Balaban J connectivity index is 2.36. The second-order valence-electron chi connectivity index (χ2n) is 4.46. The van der Waals surface area contributed by atoms with Gasteiger partial charge in [0.2, 0.25) is 0 Å². The minimum Gasteiger partial charge on any atom is -0.328 e. The van der Waals surface area contributed by atoms with Gasteiger partial charge in [-0.1, -0.05) is 25.7 Å². The Kier molecular flexibility index (Phi) is 6.38. The van der Waals surface area contributed by atoms with Crippen molar-refractivity contribution in [1.82, 2.24) is 0 Å². The van der Waals surface area contributed by atoms with Crippen molar-refractivity contribution in [3.8, 4) is 0 Å². The quantitative estimate of drug-likeness (QED) is 0.551. The lowest BCUT2D eigenvalue weighted by molar-refractivity contribution is 0.514. The van der Waals surface area contributed by atoms with Gasteiger partial charge >= 0.3 is 0 Å². The molecule has 3 heteroatoms. The summed E-state index contributed by atoms with van der Waals surface area (Å²) in [6.07, 6.45) is 9.93. The summed E-state index contributed by atoms with van der Waals surface area (Å²) in [6, 6.07) is 0.392. The maximum Gasteiger partial charge on any atom is 0.0134 e. The molecular weight excluding hydrogens is 210 g/mol. The third-order valence-corrected chi connectivity index (χ3v) is 4.57. The highest BCUT2D eigenvalue weighted by Crippen LogP contribution is 2.23. The Bertz CT molecular complexity index is 152. The van der Waals surface area contributed by atoms with Crippen LogP contribution < -0.4 is 5.73 Å². The van der Waals surface area contributed by atoms with E-state index >= 15 is 0 Å². The summed E-state index contributed by atoms with van der Waals surface area (Å²) in [6.45, 7) is 0. The van der Waals surface area contributed by atoms with Crippen LogP contribution >= 0.6 is 25.3 Å². The Morgan fingerprint density at radius 3 is 2.00 bits per heavy atom. The van der Waals surface area contributed by atoms with E-state index in [4.69, 9.17) is 5.73 Å². The molecule has 14 heavy (non-hydrogen) atoms. The summed E-state index contributed by atoms with van der Waals surface area (Å²) in [5.74, 6) is 0. The van der Waals surface area contributed by atoms with Gasteiger partial charge in [0.1, 0.15) is 0 Å². The van der Waals surface area contributed by atoms with Crippen LogP contribution in [0.25, 0.3) is 0 Å². The summed E-state index contributed by atoms with van der Waals surface area (Å²) in [4.78, 5) is 0. The molecule has 0 aromatic carbocycles. The molecule has 0 heterocycles. The van der Waals surface area contributed by atoms with E-state index in [2.05, 4.69) is 25.3 Å². The lowest BCUT2D eigenvalue weighted by atomic mass is 10.0. The van der Waals surface area contributed by atoms with E-state index in [0.29, 0.717) is 16.5 Å². The highest BCUT2D eigenvalue weighted by atomic mass is 32.1. The van der Waals surface area contributed by atoms with Crippen molar-refractivity contribution in [3.63, 3.8) is 0 Å². The minimum atomic E-state index is 0.392. The molecule has 0 radical (unpaired) electrons. The lowest BCUT2D eigenvalue weighted by Crippen LogP contribution is -2.23. The van der Waals surface area contributed by atoms with Gasteiger partial charge in [-0.05, 0) is 25.7 Å². The Morgan fingerprint density at radius 1 is 0.714 bits per heavy atom. The topological polar surface area (TPSA) is 26.0 Å². The smallest absolute Gasteiger partial charge is 0.0134 e. The van der Waals surface area contributed by atoms with Crippen LogP contribution in [0.3, 0.4) is 0 Å². The van der Waals surface area contributed by atoms with Gasteiger partial charge in [-0.25, -0.2) is 0 Å². The second-order valence-corrected chi connectivity index (χ2v) is 5.79. The molecule has 0 saturated heterocycles. The van der Waals surface area contributed by atoms with Crippen molar-refractivity contribution in [1.29, 1.82) is 0 Å². The summed E-state index contributed by atoms with van der Waals surface area (Å²) < 4.78 is 0. The van der Waals surface area contributed by atoms with Crippen molar-refractivity contribution < 1.29 is 0 Å². The van der Waals surface area contributed by atoms with Crippen molar-refractivity contribution in [2.45, 2.75) is 67.9 Å². The highest BCUT2D eigenvalue weighted by molar-refractivity contribution is 7.85. The molecule has 2 N–H and O–H groups in total. The molecule has 1 rings (SSSR count). The zero-order chi connectivity index (χ0) is 10.4.